The molecule has 0 bridgehead atoms. The highest BCUT2D eigenvalue weighted by Crippen LogP contribution is 2.29. The first-order valence-corrected chi connectivity index (χ1v) is 7.87. The van der Waals surface area contributed by atoms with Crippen LogP contribution in [0.15, 0.2) is 34.9 Å². The monoisotopic (exact) mass is 340 g/mol. The highest BCUT2D eigenvalue weighted by atomic mass is 79.9. The average Bonchev–Trinajstić information content (AvgIpc) is 2.43. The molecule has 1 heterocycles. The summed E-state index contributed by atoms with van der Waals surface area (Å²) in [6, 6.07) is 8.29. The molecule has 0 saturated carbocycles. The van der Waals surface area contributed by atoms with E-state index in [1.54, 1.807) is 0 Å². The molecule has 0 spiro atoms. The summed E-state index contributed by atoms with van der Waals surface area (Å²) >= 11 is 9.29. The largest absolute Gasteiger partial charge is 0.359 e. The van der Waals surface area contributed by atoms with Gasteiger partial charge in [-0.3, -0.25) is 0 Å². The Morgan fingerprint density at radius 1 is 1.16 bits per heavy atom. The van der Waals surface area contributed by atoms with Crippen molar-refractivity contribution >= 4 is 44.1 Å². The van der Waals surface area contributed by atoms with Gasteiger partial charge in [-0.15, -0.1) is 11.6 Å². The fourth-order valence-electron chi connectivity index (χ4n) is 2.18. The minimum atomic E-state index is 0.753. The number of hydrogen-bond donors (Lipinski definition) is 0. The van der Waals surface area contributed by atoms with Crippen LogP contribution in [0.2, 0.25) is 0 Å². The van der Waals surface area contributed by atoms with Gasteiger partial charge in [0.25, 0.3) is 0 Å². The van der Waals surface area contributed by atoms with Crippen LogP contribution in [0.5, 0.6) is 0 Å². The fraction of sp³-hybridized carbons (Fsp3) is 0.400. The summed E-state index contributed by atoms with van der Waals surface area (Å²) in [5, 5.41) is 2.40. The summed E-state index contributed by atoms with van der Waals surface area (Å²) < 4.78 is 1.11. The van der Waals surface area contributed by atoms with Crippen LogP contribution < -0.4 is 4.90 Å². The van der Waals surface area contributed by atoms with Gasteiger partial charge in [0.15, 0.2) is 0 Å². The van der Waals surface area contributed by atoms with Gasteiger partial charge in [0.2, 0.25) is 0 Å². The number of unbranched alkanes of at least 4 members (excludes halogenated alkanes) is 2. The molecule has 0 aliphatic heterocycles. The van der Waals surface area contributed by atoms with E-state index in [1.165, 1.54) is 17.2 Å². The van der Waals surface area contributed by atoms with Crippen molar-refractivity contribution in [2.75, 3.05) is 24.4 Å². The summed E-state index contributed by atoms with van der Waals surface area (Å²) in [6.45, 7) is 1.01. The van der Waals surface area contributed by atoms with Crippen molar-refractivity contribution in [3.63, 3.8) is 0 Å². The minimum Gasteiger partial charge on any atom is -0.359 e. The fourth-order valence-corrected chi connectivity index (χ4v) is 2.87. The first-order valence-electron chi connectivity index (χ1n) is 6.54. The Morgan fingerprint density at radius 3 is 2.79 bits per heavy atom. The molecule has 2 nitrogen and oxygen atoms in total. The zero-order valence-electron chi connectivity index (χ0n) is 11.1. The molecule has 2 rings (SSSR count). The quantitative estimate of drug-likeness (QED) is 0.552. The summed E-state index contributed by atoms with van der Waals surface area (Å²) in [5.74, 6) is 1.80. The summed E-state index contributed by atoms with van der Waals surface area (Å²) in [4.78, 5) is 6.75. The third kappa shape index (κ3) is 3.61. The highest BCUT2D eigenvalue weighted by molar-refractivity contribution is 9.10. The van der Waals surface area contributed by atoms with Crippen LogP contribution in [-0.2, 0) is 0 Å². The zero-order chi connectivity index (χ0) is 13.7. The van der Waals surface area contributed by atoms with Crippen LogP contribution in [0.1, 0.15) is 19.3 Å². The minimum absolute atomic E-state index is 0.753. The van der Waals surface area contributed by atoms with Crippen molar-refractivity contribution in [2.24, 2.45) is 0 Å². The number of fused-ring (bicyclic) bond motifs is 1. The number of aromatic nitrogens is 1. The van der Waals surface area contributed by atoms with E-state index in [4.69, 9.17) is 11.6 Å². The smallest absolute Gasteiger partial charge is 0.136 e. The summed E-state index contributed by atoms with van der Waals surface area (Å²) in [7, 11) is 2.10. The standard InChI is InChI=1S/C15H18BrClN2/c1-19(11-4-2-3-9-17)15-13-6-5-7-14(16)12(13)8-10-18-15/h5-8,10H,2-4,9,11H2,1H3. The van der Waals surface area contributed by atoms with Crippen LogP contribution in [0, 0.1) is 0 Å². The number of rotatable bonds is 6. The number of benzene rings is 1. The SMILES string of the molecule is CN(CCCCCCl)c1nccc2c(Br)cccc12. The number of halogens is 2. The van der Waals surface area contributed by atoms with Gasteiger partial charge >= 0.3 is 0 Å². The van der Waals surface area contributed by atoms with Crippen LogP contribution in [0.25, 0.3) is 10.8 Å². The Kier molecular flexibility index (Phi) is 5.46. The second-order valence-electron chi connectivity index (χ2n) is 4.64. The van der Waals surface area contributed by atoms with Gasteiger partial charge in [0, 0.05) is 40.9 Å². The van der Waals surface area contributed by atoms with Gasteiger partial charge < -0.3 is 4.90 Å². The molecule has 0 radical (unpaired) electrons. The van der Waals surface area contributed by atoms with Gasteiger partial charge in [-0.1, -0.05) is 34.5 Å². The van der Waals surface area contributed by atoms with Crippen LogP contribution in [0.3, 0.4) is 0 Å². The second-order valence-corrected chi connectivity index (χ2v) is 5.87. The second kappa shape index (κ2) is 7.11. The lowest BCUT2D eigenvalue weighted by Gasteiger charge is -2.20. The Balaban J connectivity index is 2.17. The highest BCUT2D eigenvalue weighted by Gasteiger charge is 2.08. The molecule has 1 aromatic heterocycles. The molecule has 0 amide bonds. The Labute approximate surface area is 127 Å². The molecule has 19 heavy (non-hydrogen) atoms. The van der Waals surface area contributed by atoms with Gasteiger partial charge in [0.1, 0.15) is 5.82 Å². The van der Waals surface area contributed by atoms with E-state index in [2.05, 4.69) is 51.1 Å². The Hall–Kier alpha value is -0.800. The van der Waals surface area contributed by atoms with Gasteiger partial charge in [-0.05, 0) is 25.0 Å². The van der Waals surface area contributed by atoms with Crippen LogP contribution in [-0.4, -0.2) is 24.5 Å². The number of nitrogens with zero attached hydrogens (tertiary/aromatic N) is 2. The first kappa shape index (κ1) is 14.6. The van der Waals surface area contributed by atoms with Crippen LogP contribution in [0.4, 0.5) is 5.82 Å². The molecule has 0 atom stereocenters. The lowest BCUT2D eigenvalue weighted by molar-refractivity contribution is 0.705. The van der Waals surface area contributed by atoms with Gasteiger partial charge in [0.05, 0.1) is 0 Å². The molecule has 0 aliphatic rings. The van der Waals surface area contributed by atoms with Crippen molar-refractivity contribution in [1.29, 1.82) is 0 Å². The lowest BCUT2D eigenvalue weighted by atomic mass is 10.1. The lowest BCUT2D eigenvalue weighted by Crippen LogP contribution is -2.20. The molecule has 1 aromatic carbocycles. The molecule has 0 fully saturated rings. The molecule has 0 N–H and O–H groups in total. The maximum Gasteiger partial charge on any atom is 0.136 e. The number of pyridine rings is 1. The maximum absolute atomic E-state index is 5.70. The Bertz CT molecular complexity index is 545. The van der Waals surface area contributed by atoms with E-state index in [0.29, 0.717) is 0 Å². The van der Waals surface area contributed by atoms with E-state index >= 15 is 0 Å². The molecule has 102 valence electrons. The summed E-state index contributed by atoms with van der Waals surface area (Å²) in [5.41, 5.74) is 0. The Morgan fingerprint density at radius 2 is 2.00 bits per heavy atom. The maximum atomic E-state index is 5.70. The number of hydrogen-bond acceptors (Lipinski definition) is 2. The predicted molar refractivity (Wildman–Crippen MR) is 87.3 cm³/mol. The van der Waals surface area contributed by atoms with E-state index in [-0.39, 0.29) is 0 Å². The van der Waals surface area contributed by atoms with Crippen molar-refractivity contribution in [1.82, 2.24) is 4.98 Å². The van der Waals surface area contributed by atoms with Crippen molar-refractivity contribution < 1.29 is 0 Å². The normalized spacial score (nSPS) is 10.9. The van der Waals surface area contributed by atoms with E-state index in [9.17, 15) is 0 Å². The number of anilines is 1. The predicted octanol–water partition coefficient (Wildman–Crippen LogP) is 4.84. The van der Waals surface area contributed by atoms with E-state index < -0.39 is 0 Å². The molecule has 2 aromatic rings. The van der Waals surface area contributed by atoms with Gasteiger partial charge in [-0.2, -0.15) is 0 Å². The van der Waals surface area contributed by atoms with Crippen LogP contribution >= 0.6 is 27.5 Å². The average molecular weight is 342 g/mol. The zero-order valence-corrected chi connectivity index (χ0v) is 13.4. The van der Waals surface area contributed by atoms with Gasteiger partial charge in [-0.25, -0.2) is 4.98 Å². The molecular weight excluding hydrogens is 324 g/mol. The molecule has 0 unspecified atom stereocenters. The third-order valence-electron chi connectivity index (χ3n) is 3.22. The van der Waals surface area contributed by atoms with E-state index in [1.807, 2.05) is 12.3 Å². The topological polar surface area (TPSA) is 16.1 Å². The summed E-state index contributed by atoms with van der Waals surface area (Å²) in [6.07, 6.45) is 5.28. The molecule has 0 saturated heterocycles. The third-order valence-corrected chi connectivity index (χ3v) is 4.18. The molecule has 4 heteroatoms. The van der Waals surface area contributed by atoms with Crippen molar-refractivity contribution in [3.05, 3.63) is 34.9 Å². The molecule has 0 aliphatic carbocycles. The number of alkyl halides is 1. The van der Waals surface area contributed by atoms with Crippen molar-refractivity contribution in [2.45, 2.75) is 19.3 Å². The van der Waals surface area contributed by atoms with Crippen molar-refractivity contribution in [3.8, 4) is 0 Å². The first-order chi connectivity index (χ1) is 9.24. The van der Waals surface area contributed by atoms with E-state index in [0.717, 1.165) is 35.6 Å². The molecular formula is C15H18BrClN2.